The summed E-state index contributed by atoms with van der Waals surface area (Å²) in [6.07, 6.45) is 1.63. The summed E-state index contributed by atoms with van der Waals surface area (Å²) < 4.78 is 10.3. The molecular formula is C20H19N3O4. The van der Waals surface area contributed by atoms with Crippen LogP contribution in [0, 0.1) is 0 Å². The molecule has 2 aromatic carbocycles. The number of anilines is 2. The molecule has 0 fully saturated rings. The van der Waals surface area contributed by atoms with Crippen molar-refractivity contribution in [1.82, 2.24) is 4.98 Å². The number of hydrogen-bond acceptors (Lipinski definition) is 7. The predicted octanol–water partition coefficient (Wildman–Crippen LogP) is 2.49. The molecule has 0 amide bonds. The van der Waals surface area contributed by atoms with E-state index in [4.69, 9.17) is 26.0 Å². The summed E-state index contributed by atoms with van der Waals surface area (Å²) in [7, 11) is 1.47. The molecule has 0 saturated heterocycles. The van der Waals surface area contributed by atoms with Gasteiger partial charge in [-0.3, -0.25) is 0 Å². The Kier molecular flexibility index (Phi) is 5.23. The predicted molar refractivity (Wildman–Crippen MR) is 103 cm³/mol. The first kappa shape index (κ1) is 18.2. The normalized spacial score (nSPS) is 10.4. The van der Waals surface area contributed by atoms with Crippen molar-refractivity contribution in [3.05, 3.63) is 54.7 Å². The minimum atomic E-state index is -0.775. The number of carbonyl (C=O) groups excluding carboxylic acids is 1. The van der Waals surface area contributed by atoms with E-state index in [1.807, 2.05) is 24.3 Å². The molecule has 0 aliphatic rings. The largest absolute Gasteiger partial charge is 0.493 e. The van der Waals surface area contributed by atoms with Crippen molar-refractivity contribution < 1.29 is 19.4 Å². The first-order valence-corrected chi connectivity index (χ1v) is 8.13. The molecule has 1 heterocycles. The lowest BCUT2D eigenvalue weighted by Crippen LogP contribution is -2.12. The van der Waals surface area contributed by atoms with E-state index in [-0.39, 0.29) is 5.75 Å². The van der Waals surface area contributed by atoms with E-state index in [0.29, 0.717) is 17.3 Å². The van der Waals surface area contributed by atoms with Gasteiger partial charge in [0.25, 0.3) is 0 Å². The van der Waals surface area contributed by atoms with Gasteiger partial charge in [0.1, 0.15) is 12.4 Å². The number of benzene rings is 2. The molecule has 27 heavy (non-hydrogen) atoms. The molecule has 0 atom stereocenters. The Morgan fingerprint density at radius 3 is 2.37 bits per heavy atom. The quantitative estimate of drug-likeness (QED) is 0.361. The molecule has 7 heteroatoms. The smallest absolute Gasteiger partial charge is 0.337 e. The van der Waals surface area contributed by atoms with E-state index in [2.05, 4.69) is 4.98 Å². The van der Waals surface area contributed by atoms with Gasteiger partial charge in [0.2, 0.25) is 0 Å². The zero-order valence-electron chi connectivity index (χ0n) is 14.7. The number of ether oxygens (including phenoxy) is 2. The Morgan fingerprint density at radius 1 is 1.00 bits per heavy atom. The van der Waals surface area contributed by atoms with Crippen molar-refractivity contribution >= 4 is 17.5 Å². The Balaban J connectivity index is 2.03. The zero-order valence-corrected chi connectivity index (χ0v) is 14.7. The highest BCUT2D eigenvalue weighted by Gasteiger charge is 2.13. The van der Waals surface area contributed by atoms with Gasteiger partial charge in [0.05, 0.1) is 7.11 Å². The summed E-state index contributed by atoms with van der Waals surface area (Å²) >= 11 is 0. The van der Waals surface area contributed by atoms with Crippen LogP contribution in [0.3, 0.4) is 0 Å². The number of methoxy groups -OCH3 is 1. The Labute approximate surface area is 156 Å². The third kappa shape index (κ3) is 3.99. The molecule has 1 aromatic heterocycles. The number of rotatable bonds is 5. The van der Waals surface area contributed by atoms with E-state index in [9.17, 15) is 4.79 Å². The molecule has 0 radical (unpaired) electrons. The van der Waals surface area contributed by atoms with Crippen LogP contribution in [0.5, 0.6) is 11.5 Å². The van der Waals surface area contributed by atoms with Gasteiger partial charge in [0, 0.05) is 23.0 Å². The monoisotopic (exact) mass is 365 g/mol. The first-order valence-electron chi connectivity index (χ1n) is 8.13. The Bertz CT molecular complexity index is 971. The number of nitrogens with two attached hydrogens (primary N) is 2. The van der Waals surface area contributed by atoms with Gasteiger partial charge in [0.15, 0.2) is 11.5 Å². The van der Waals surface area contributed by atoms with Gasteiger partial charge in [-0.2, -0.15) is 0 Å². The highest BCUT2D eigenvalue weighted by molar-refractivity contribution is 5.81. The molecule has 5 N–H and O–H groups in total. The third-order valence-corrected chi connectivity index (χ3v) is 3.99. The van der Waals surface area contributed by atoms with Crippen LogP contribution in [-0.2, 0) is 4.79 Å². The van der Waals surface area contributed by atoms with E-state index in [1.54, 1.807) is 30.5 Å². The van der Waals surface area contributed by atoms with E-state index in [0.717, 1.165) is 22.3 Å². The molecular weight excluding hydrogens is 346 g/mol. The van der Waals surface area contributed by atoms with Gasteiger partial charge >= 0.3 is 5.97 Å². The fourth-order valence-electron chi connectivity index (χ4n) is 2.62. The van der Waals surface area contributed by atoms with Gasteiger partial charge in [-0.1, -0.05) is 18.2 Å². The minimum absolute atomic E-state index is 0.208. The van der Waals surface area contributed by atoms with Crippen molar-refractivity contribution in [3.8, 4) is 33.8 Å². The van der Waals surface area contributed by atoms with Crippen LogP contribution < -0.4 is 20.9 Å². The second-order valence-electron chi connectivity index (χ2n) is 5.78. The van der Waals surface area contributed by atoms with Crippen LogP contribution >= 0.6 is 0 Å². The number of pyridine rings is 1. The number of aromatic nitrogens is 1. The van der Waals surface area contributed by atoms with E-state index >= 15 is 0 Å². The number of nitrogen functional groups attached to an aromatic ring is 2. The second-order valence-corrected chi connectivity index (χ2v) is 5.78. The lowest BCUT2D eigenvalue weighted by atomic mass is 10.0. The Morgan fingerprint density at radius 2 is 1.70 bits per heavy atom. The number of nitrogens with zero attached hydrogens (tertiary/aromatic N) is 1. The Hall–Kier alpha value is -3.58. The van der Waals surface area contributed by atoms with Gasteiger partial charge in [-0.15, -0.1) is 0 Å². The number of aliphatic hydroxyl groups excluding tert-OH is 1. The fraction of sp³-hybridized carbons (Fsp3) is 0.100. The maximum atomic E-state index is 11.4. The van der Waals surface area contributed by atoms with E-state index in [1.165, 1.54) is 7.11 Å². The van der Waals surface area contributed by atoms with Gasteiger partial charge in [-0.25, -0.2) is 9.78 Å². The van der Waals surface area contributed by atoms with Crippen LogP contribution in [0.2, 0.25) is 0 Å². The maximum Gasteiger partial charge on any atom is 0.337 e. The average molecular weight is 365 g/mol. The van der Waals surface area contributed by atoms with Crippen LogP contribution in [0.25, 0.3) is 22.3 Å². The molecule has 0 spiro atoms. The number of hydrogen-bond donors (Lipinski definition) is 3. The summed E-state index contributed by atoms with van der Waals surface area (Å²) in [5, 5.41) is 8.91. The summed E-state index contributed by atoms with van der Waals surface area (Å²) in [5.41, 5.74) is 15.6. The number of esters is 1. The molecule has 0 aliphatic carbocycles. The number of carbonyl (C=O) groups is 1. The number of aliphatic hydroxyl groups is 1. The molecule has 138 valence electrons. The maximum absolute atomic E-state index is 11.4. The molecule has 3 rings (SSSR count). The molecule has 3 aromatic rings. The van der Waals surface area contributed by atoms with Crippen molar-refractivity contribution in [2.45, 2.75) is 0 Å². The molecule has 0 unspecified atom stereocenters. The summed E-state index contributed by atoms with van der Waals surface area (Å²) in [6, 6.07) is 14.4. The van der Waals surface area contributed by atoms with Crippen LogP contribution in [0.1, 0.15) is 0 Å². The second kappa shape index (κ2) is 7.76. The molecule has 0 aliphatic heterocycles. The average Bonchev–Trinajstić information content (AvgIpc) is 2.69. The minimum Gasteiger partial charge on any atom is -0.493 e. The highest BCUT2D eigenvalue weighted by atomic mass is 16.6. The lowest BCUT2D eigenvalue weighted by Gasteiger charge is -2.12. The SMILES string of the molecule is COc1ccc(-c2cnc(N)c(-c3ccc(N)cc3)c2)cc1OC(=O)CO. The van der Waals surface area contributed by atoms with Crippen LogP contribution in [-0.4, -0.2) is 29.8 Å². The third-order valence-electron chi connectivity index (χ3n) is 3.99. The van der Waals surface area contributed by atoms with Gasteiger partial charge < -0.3 is 26.0 Å². The van der Waals surface area contributed by atoms with Crippen molar-refractivity contribution in [1.29, 1.82) is 0 Å². The van der Waals surface area contributed by atoms with Crippen molar-refractivity contribution in [2.24, 2.45) is 0 Å². The highest BCUT2D eigenvalue weighted by Crippen LogP contribution is 2.35. The van der Waals surface area contributed by atoms with Crippen molar-refractivity contribution in [3.63, 3.8) is 0 Å². The molecule has 0 saturated carbocycles. The summed E-state index contributed by atoms with van der Waals surface area (Å²) in [5.74, 6) is 0.204. The zero-order chi connectivity index (χ0) is 19.4. The van der Waals surface area contributed by atoms with Crippen molar-refractivity contribution in [2.75, 3.05) is 25.2 Å². The van der Waals surface area contributed by atoms with Crippen LogP contribution in [0.4, 0.5) is 11.5 Å². The summed E-state index contributed by atoms with van der Waals surface area (Å²) in [6.45, 7) is -0.724. The molecule has 7 nitrogen and oxygen atoms in total. The fourth-order valence-corrected chi connectivity index (χ4v) is 2.62. The first-order chi connectivity index (χ1) is 13.0. The van der Waals surface area contributed by atoms with Gasteiger partial charge in [-0.05, 0) is 41.5 Å². The lowest BCUT2D eigenvalue weighted by molar-refractivity contribution is -0.137. The standard InChI is InChI=1S/C20H19N3O4/c1-26-17-7-4-13(9-18(17)27-19(25)11-24)14-8-16(20(22)23-10-14)12-2-5-15(21)6-3-12/h2-10,24H,11,21H2,1H3,(H2,22,23). The van der Waals surface area contributed by atoms with Crippen LogP contribution in [0.15, 0.2) is 54.7 Å². The topological polar surface area (TPSA) is 121 Å². The van der Waals surface area contributed by atoms with E-state index < -0.39 is 12.6 Å². The molecule has 0 bridgehead atoms. The summed E-state index contributed by atoms with van der Waals surface area (Å²) in [4.78, 5) is 15.7.